The van der Waals surface area contributed by atoms with Crippen LogP contribution in [0.4, 0.5) is 5.82 Å². The van der Waals surface area contributed by atoms with Gasteiger partial charge in [0.15, 0.2) is 0 Å². The van der Waals surface area contributed by atoms with Crippen molar-refractivity contribution in [2.75, 3.05) is 11.9 Å². The van der Waals surface area contributed by atoms with Gasteiger partial charge in [-0.2, -0.15) is 0 Å². The molecular weight excluding hydrogens is 298 g/mol. The number of carbonyl (C=O) groups is 1. The van der Waals surface area contributed by atoms with Crippen molar-refractivity contribution in [3.63, 3.8) is 0 Å². The Morgan fingerprint density at radius 2 is 2.05 bits per heavy atom. The number of nitrogens with zero attached hydrogens (tertiary/aromatic N) is 1. The predicted octanol–water partition coefficient (Wildman–Crippen LogP) is 3.88. The molecule has 0 fully saturated rings. The minimum atomic E-state index is -0.160. The van der Waals surface area contributed by atoms with E-state index in [4.69, 9.17) is 11.6 Å². The highest BCUT2D eigenvalue weighted by molar-refractivity contribution is 6.31. The number of anilines is 1. The fourth-order valence-electron chi connectivity index (χ4n) is 1.95. The number of pyridine rings is 1. The average Bonchev–Trinajstić information content (AvgIpc) is 2.55. The van der Waals surface area contributed by atoms with Crippen LogP contribution in [0.3, 0.4) is 0 Å². The fraction of sp³-hybridized carbons (Fsp3) is 0.294. The quantitative estimate of drug-likeness (QED) is 0.762. The molecule has 1 aromatic heterocycles. The third kappa shape index (κ3) is 4.74. The van der Waals surface area contributed by atoms with E-state index < -0.39 is 0 Å². The van der Waals surface area contributed by atoms with Gasteiger partial charge in [0.2, 0.25) is 0 Å². The van der Waals surface area contributed by atoms with Crippen LogP contribution in [-0.2, 0) is 6.54 Å². The molecule has 2 N–H and O–H groups in total. The first-order chi connectivity index (χ1) is 10.7. The summed E-state index contributed by atoms with van der Waals surface area (Å²) in [6.45, 7) is 3.43. The minimum absolute atomic E-state index is 0.160. The molecule has 0 unspecified atom stereocenters. The monoisotopic (exact) mass is 317 g/mol. The van der Waals surface area contributed by atoms with E-state index in [-0.39, 0.29) is 5.91 Å². The molecule has 0 radical (unpaired) electrons. The molecule has 0 aliphatic carbocycles. The Balaban J connectivity index is 1.88. The van der Waals surface area contributed by atoms with Gasteiger partial charge in [0.25, 0.3) is 5.91 Å². The maximum atomic E-state index is 12.1. The van der Waals surface area contributed by atoms with E-state index in [9.17, 15) is 4.79 Å². The summed E-state index contributed by atoms with van der Waals surface area (Å²) in [6.07, 6.45) is 3.81. The lowest BCUT2D eigenvalue weighted by Crippen LogP contribution is -2.23. The number of nitrogens with one attached hydrogen (secondary N) is 2. The predicted molar refractivity (Wildman–Crippen MR) is 90.3 cm³/mol. The highest BCUT2D eigenvalue weighted by Gasteiger charge is 2.07. The van der Waals surface area contributed by atoms with Gasteiger partial charge >= 0.3 is 0 Å². The molecule has 4 nitrogen and oxygen atoms in total. The Morgan fingerprint density at radius 3 is 2.73 bits per heavy atom. The summed E-state index contributed by atoms with van der Waals surface area (Å²) in [6, 6.07) is 11.0. The van der Waals surface area contributed by atoms with Gasteiger partial charge in [-0.05, 0) is 30.2 Å². The van der Waals surface area contributed by atoms with Crippen LogP contribution in [0.5, 0.6) is 0 Å². The van der Waals surface area contributed by atoms with Crippen LogP contribution in [0, 0.1) is 0 Å². The van der Waals surface area contributed by atoms with E-state index >= 15 is 0 Å². The summed E-state index contributed by atoms with van der Waals surface area (Å²) in [5.74, 6) is 0.628. The van der Waals surface area contributed by atoms with Crippen LogP contribution >= 0.6 is 11.6 Å². The van der Waals surface area contributed by atoms with Crippen LogP contribution in [-0.4, -0.2) is 17.4 Å². The third-order valence-electron chi connectivity index (χ3n) is 3.26. The molecule has 0 aliphatic heterocycles. The molecule has 0 spiro atoms. The van der Waals surface area contributed by atoms with Gasteiger partial charge in [-0.15, -0.1) is 0 Å². The highest BCUT2D eigenvalue weighted by Crippen LogP contribution is 2.14. The van der Waals surface area contributed by atoms with Crippen molar-refractivity contribution >= 4 is 23.3 Å². The van der Waals surface area contributed by atoms with Crippen molar-refractivity contribution in [3.8, 4) is 0 Å². The second kappa shape index (κ2) is 8.39. The van der Waals surface area contributed by atoms with Gasteiger partial charge in [0.1, 0.15) is 5.82 Å². The van der Waals surface area contributed by atoms with Crippen molar-refractivity contribution in [1.29, 1.82) is 0 Å². The standard InChI is InChI=1S/C17H20ClN3O/c1-2-3-10-19-16-9-8-14(12-20-16)17(22)21-11-13-6-4-5-7-15(13)18/h4-9,12H,2-3,10-11H2,1H3,(H,19,20)(H,21,22). The van der Waals surface area contributed by atoms with E-state index in [1.54, 1.807) is 18.3 Å². The van der Waals surface area contributed by atoms with Gasteiger partial charge in [-0.1, -0.05) is 43.1 Å². The Morgan fingerprint density at radius 1 is 1.23 bits per heavy atom. The molecular formula is C17H20ClN3O. The molecule has 2 rings (SSSR count). The highest BCUT2D eigenvalue weighted by atomic mass is 35.5. The van der Waals surface area contributed by atoms with Gasteiger partial charge in [-0.25, -0.2) is 4.98 Å². The van der Waals surface area contributed by atoms with Gasteiger partial charge in [0, 0.05) is 24.3 Å². The molecule has 0 saturated heterocycles. The SMILES string of the molecule is CCCCNc1ccc(C(=O)NCc2ccccc2Cl)cn1. The van der Waals surface area contributed by atoms with Gasteiger partial charge in [-0.3, -0.25) is 4.79 Å². The lowest BCUT2D eigenvalue weighted by Gasteiger charge is -2.08. The van der Waals surface area contributed by atoms with E-state index in [0.717, 1.165) is 30.8 Å². The molecule has 1 aromatic carbocycles. The number of halogens is 1. The Bertz CT molecular complexity index is 614. The second-order valence-corrected chi connectivity index (χ2v) is 5.39. The van der Waals surface area contributed by atoms with Crippen molar-refractivity contribution in [3.05, 3.63) is 58.7 Å². The van der Waals surface area contributed by atoms with E-state index in [2.05, 4.69) is 22.5 Å². The van der Waals surface area contributed by atoms with E-state index in [1.807, 2.05) is 24.3 Å². The lowest BCUT2D eigenvalue weighted by atomic mass is 10.2. The summed E-state index contributed by atoms with van der Waals surface area (Å²) >= 11 is 6.06. The molecule has 1 heterocycles. The Labute approximate surface area is 135 Å². The first kappa shape index (κ1) is 16.3. The van der Waals surface area contributed by atoms with E-state index in [1.165, 1.54) is 0 Å². The lowest BCUT2D eigenvalue weighted by molar-refractivity contribution is 0.0950. The summed E-state index contributed by atoms with van der Waals surface area (Å²) in [7, 11) is 0. The normalized spacial score (nSPS) is 10.3. The van der Waals surface area contributed by atoms with Crippen LogP contribution in [0.15, 0.2) is 42.6 Å². The summed E-state index contributed by atoms with van der Waals surface area (Å²) in [4.78, 5) is 16.3. The Kier molecular flexibility index (Phi) is 6.22. The molecule has 116 valence electrons. The van der Waals surface area contributed by atoms with Gasteiger partial charge in [0.05, 0.1) is 5.56 Å². The number of unbranched alkanes of at least 4 members (excludes halogenated alkanes) is 1. The van der Waals surface area contributed by atoms with Crippen LogP contribution < -0.4 is 10.6 Å². The number of hydrogen-bond acceptors (Lipinski definition) is 3. The Hall–Kier alpha value is -2.07. The van der Waals surface area contributed by atoms with Crippen molar-refractivity contribution in [2.24, 2.45) is 0 Å². The molecule has 0 bridgehead atoms. The van der Waals surface area contributed by atoms with Crippen LogP contribution in [0.2, 0.25) is 5.02 Å². The maximum absolute atomic E-state index is 12.1. The van der Waals surface area contributed by atoms with E-state index in [0.29, 0.717) is 17.1 Å². The summed E-state index contributed by atoms with van der Waals surface area (Å²) in [5, 5.41) is 6.71. The zero-order valence-electron chi connectivity index (χ0n) is 12.6. The first-order valence-electron chi connectivity index (χ1n) is 7.42. The number of hydrogen-bond donors (Lipinski definition) is 2. The molecule has 0 atom stereocenters. The number of carbonyl (C=O) groups excluding carboxylic acids is 1. The summed E-state index contributed by atoms with van der Waals surface area (Å²) < 4.78 is 0. The number of benzene rings is 1. The summed E-state index contributed by atoms with van der Waals surface area (Å²) in [5.41, 5.74) is 1.43. The molecule has 0 aliphatic rings. The average molecular weight is 318 g/mol. The van der Waals surface area contributed by atoms with Crippen molar-refractivity contribution in [2.45, 2.75) is 26.3 Å². The zero-order valence-corrected chi connectivity index (χ0v) is 13.4. The molecule has 1 amide bonds. The molecule has 5 heteroatoms. The molecule has 0 saturated carbocycles. The minimum Gasteiger partial charge on any atom is -0.370 e. The number of aromatic nitrogens is 1. The van der Waals surface area contributed by atoms with Crippen molar-refractivity contribution in [1.82, 2.24) is 10.3 Å². The number of rotatable bonds is 7. The number of amides is 1. The maximum Gasteiger partial charge on any atom is 0.253 e. The van der Waals surface area contributed by atoms with Crippen molar-refractivity contribution < 1.29 is 4.79 Å². The molecule has 2 aromatic rings. The second-order valence-electron chi connectivity index (χ2n) is 4.99. The zero-order chi connectivity index (χ0) is 15.8. The van der Waals surface area contributed by atoms with Crippen LogP contribution in [0.25, 0.3) is 0 Å². The smallest absolute Gasteiger partial charge is 0.253 e. The topological polar surface area (TPSA) is 54.0 Å². The third-order valence-corrected chi connectivity index (χ3v) is 3.63. The molecule has 22 heavy (non-hydrogen) atoms. The largest absolute Gasteiger partial charge is 0.370 e. The fourth-order valence-corrected chi connectivity index (χ4v) is 2.15. The first-order valence-corrected chi connectivity index (χ1v) is 7.80. The van der Waals surface area contributed by atoms with Gasteiger partial charge < -0.3 is 10.6 Å². The van der Waals surface area contributed by atoms with Crippen LogP contribution in [0.1, 0.15) is 35.7 Å².